The van der Waals surface area contributed by atoms with E-state index in [1.807, 2.05) is 18.2 Å². The molecule has 0 saturated carbocycles. The van der Waals surface area contributed by atoms with Gasteiger partial charge in [-0.3, -0.25) is 4.90 Å². The lowest BCUT2D eigenvalue weighted by Gasteiger charge is -2.42. The molecule has 2 rings (SSSR count). The number of methoxy groups -OCH3 is 1. The molecule has 0 aromatic heterocycles. The normalized spacial score (nSPS) is 19.7. The smallest absolute Gasteiger partial charge is 0.123 e. The number of anilines is 1. The fourth-order valence-corrected chi connectivity index (χ4v) is 2.31. The van der Waals surface area contributed by atoms with Gasteiger partial charge in [0.25, 0.3) is 0 Å². The molecule has 18 heavy (non-hydrogen) atoms. The van der Waals surface area contributed by atoms with Gasteiger partial charge >= 0.3 is 0 Å². The first-order valence-corrected chi connectivity index (χ1v) is 6.28. The van der Waals surface area contributed by atoms with Crippen molar-refractivity contribution in [1.82, 2.24) is 4.90 Å². The van der Waals surface area contributed by atoms with Gasteiger partial charge in [0, 0.05) is 29.9 Å². The number of rotatable bonds is 3. The van der Waals surface area contributed by atoms with Crippen molar-refractivity contribution in [3.63, 3.8) is 0 Å². The number of nitrogen functional groups attached to an aromatic ring is 1. The van der Waals surface area contributed by atoms with Gasteiger partial charge in [-0.05, 0) is 32.0 Å². The van der Waals surface area contributed by atoms with Gasteiger partial charge in [-0.2, -0.15) is 0 Å². The summed E-state index contributed by atoms with van der Waals surface area (Å²) in [6.07, 6.45) is 0. The van der Waals surface area contributed by atoms with Crippen molar-refractivity contribution in [1.29, 1.82) is 0 Å². The van der Waals surface area contributed by atoms with Crippen molar-refractivity contribution in [3.05, 3.63) is 23.8 Å². The second-order valence-corrected chi connectivity index (χ2v) is 5.36. The molecule has 100 valence electrons. The summed E-state index contributed by atoms with van der Waals surface area (Å²) >= 11 is 0. The third kappa shape index (κ3) is 2.76. The Labute approximate surface area is 109 Å². The Balaban J connectivity index is 2.19. The second-order valence-electron chi connectivity index (χ2n) is 5.36. The van der Waals surface area contributed by atoms with Gasteiger partial charge in [-0.1, -0.05) is 0 Å². The van der Waals surface area contributed by atoms with E-state index < -0.39 is 0 Å². The van der Waals surface area contributed by atoms with E-state index in [4.69, 9.17) is 15.2 Å². The van der Waals surface area contributed by atoms with E-state index in [1.54, 1.807) is 7.11 Å². The fraction of sp³-hybridized carbons (Fsp3) is 0.571. The quantitative estimate of drug-likeness (QED) is 0.832. The van der Waals surface area contributed by atoms with Crippen molar-refractivity contribution >= 4 is 5.69 Å². The molecule has 0 radical (unpaired) electrons. The highest BCUT2D eigenvalue weighted by Gasteiger charge is 2.30. The van der Waals surface area contributed by atoms with Crippen LogP contribution in [0.5, 0.6) is 5.75 Å². The minimum absolute atomic E-state index is 0.0495. The predicted molar refractivity (Wildman–Crippen MR) is 72.7 cm³/mol. The van der Waals surface area contributed by atoms with Gasteiger partial charge in [-0.15, -0.1) is 0 Å². The predicted octanol–water partition coefficient (Wildman–Crippen LogP) is 1.89. The van der Waals surface area contributed by atoms with Gasteiger partial charge in [0.15, 0.2) is 0 Å². The minimum Gasteiger partial charge on any atom is -0.496 e. The van der Waals surface area contributed by atoms with Crippen molar-refractivity contribution < 1.29 is 9.47 Å². The van der Waals surface area contributed by atoms with Gasteiger partial charge in [0.05, 0.1) is 20.3 Å². The van der Waals surface area contributed by atoms with Crippen LogP contribution in [0.25, 0.3) is 0 Å². The summed E-state index contributed by atoms with van der Waals surface area (Å²) in [6.45, 7) is 7.72. The summed E-state index contributed by atoms with van der Waals surface area (Å²) < 4.78 is 10.9. The molecule has 2 N–H and O–H groups in total. The molecule has 1 aromatic rings. The zero-order valence-corrected chi connectivity index (χ0v) is 11.4. The van der Waals surface area contributed by atoms with Crippen molar-refractivity contribution in [2.24, 2.45) is 0 Å². The van der Waals surface area contributed by atoms with Crippen LogP contribution in [-0.4, -0.2) is 37.3 Å². The number of hydrogen-bond acceptors (Lipinski definition) is 4. The summed E-state index contributed by atoms with van der Waals surface area (Å²) in [5.41, 5.74) is 7.81. The summed E-state index contributed by atoms with van der Waals surface area (Å²) in [5, 5.41) is 0. The SMILES string of the molecule is COc1ccc(N)cc1CN1CCOCC1(C)C. The highest BCUT2D eigenvalue weighted by Crippen LogP contribution is 2.27. The average molecular weight is 250 g/mol. The summed E-state index contributed by atoms with van der Waals surface area (Å²) in [4.78, 5) is 2.41. The number of hydrogen-bond donors (Lipinski definition) is 1. The number of ether oxygens (including phenoxy) is 2. The van der Waals surface area contributed by atoms with E-state index in [2.05, 4.69) is 18.7 Å². The molecule has 1 heterocycles. The molecule has 0 aliphatic carbocycles. The lowest BCUT2D eigenvalue weighted by Crippen LogP contribution is -2.52. The molecule has 4 heteroatoms. The van der Waals surface area contributed by atoms with Crippen LogP contribution in [0.2, 0.25) is 0 Å². The highest BCUT2D eigenvalue weighted by atomic mass is 16.5. The Bertz CT molecular complexity index is 418. The summed E-state index contributed by atoms with van der Waals surface area (Å²) in [7, 11) is 1.69. The van der Waals surface area contributed by atoms with Crippen LogP contribution in [0.4, 0.5) is 5.69 Å². The van der Waals surface area contributed by atoms with Crippen LogP contribution >= 0.6 is 0 Å². The van der Waals surface area contributed by atoms with E-state index in [0.717, 1.165) is 43.3 Å². The molecular formula is C14H22N2O2. The standard InChI is InChI=1S/C14H22N2O2/c1-14(2)10-18-7-6-16(14)9-11-8-12(15)4-5-13(11)17-3/h4-5,8H,6-7,9-10,15H2,1-3H3. The molecule has 0 atom stereocenters. The van der Waals surface area contributed by atoms with E-state index in [9.17, 15) is 0 Å². The van der Waals surface area contributed by atoms with Gasteiger partial charge in [0.2, 0.25) is 0 Å². The first-order chi connectivity index (χ1) is 8.53. The topological polar surface area (TPSA) is 47.7 Å². The molecule has 0 unspecified atom stereocenters. The Hall–Kier alpha value is -1.26. The Kier molecular flexibility index (Phi) is 3.78. The summed E-state index contributed by atoms with van der Waals surface area (Å²) in [6, 6.07) is 5.79. The van der Waals surface area contributed by atoms with E-state index in [1.165, 1.54) is 0 Å². The van der Waals surface area contributed by atoms with Crippen LogP contribution in [-0.2, 0) is 11.3 Å². The monoisotopic (exact) mass is 250 g/mol. The van der Waals surface area contributed by atoms with Gasteiger partial charge in [-0.25, -0.2) is 0 Å². The maximum Gasteiger partial charge on any atom is 0.123 e. The molecule has 0 spiro atoms. The van der Waals surface area contributed by atoms with Crippen LogP contribution in [0.15, 0.2) is 18.2 Å². The lowest BCUT2D eigenvalue weighted by molar-refractivity contribution is -0.0554. The fourth-order valence-electron chi connectivity index (χ4n) is 2.31. The van der Waals surface area contributed by atoms with E-state index >= 15 is 0 Å². The molecule has 1 aliphatic heterocycles. The number of nitrogens with zero attached hydrogens (tertiary/aromatic N) is 1. The third-order valence-corrected chi connectivity index (χ3v) is 3.48. The van der Waals surface area contributed by atoms with Crippen molar-refractivity contribution in [3.8, 4) is 5.75 Å². The van der Waals surface area contributed by atoms with Crippen LogP contribution in [0.1, 0.15) is 19.4 Å². The van der Waals surface area contributed by atoms with E-state index in [0.29, 0.717) is 0 Å². The first kappa shape index (κ1) is 13.2. The Morgan fingerprint density at radius 3 is 2.89 bits per heavy atom. The zero-order valence-electron chi connectivity index (χ0n) is 11.4. The Morgan fingerprint density at radius 2 is 2.22 bits per heavy atom. The van der Waals surface area contributed by atoms with Gasteiger partial charge < -0.3 is 15.2 Å². The van der Waals surface area contributed by atoms with Crippen molar-refractivity contribution in [2.75, 3.05) is 32.6 Å². The number of morpholine rings is 1. The number of nitrogens with two attached hydrogens (primary N) is 1. The number of benzene rings is 1. The van der Waals surface area contributed by atoms with Crippen LogP contribution in [0.3, 0.4) is 0 Å². The maximum absolute atomic E-state index is 5.86. The molecule has 1 aliphatic rings. The average Bonchev–Trinajstić information content (AvgIpc) is 2.32. The minimum atomic E-state index is 0.0495. The lowest BCUT2D eigenvalue weighted by atomic mass is 10.0. The van der Waals surface area contributed by atoms with Crippen LogP contribution in [0, 0.1) is 0 Å². The van der Waals surface area contributed by atoms with Gasteiger partial charge in [0.1, 0.15) is 5.75 Å². The second kappa shape index (κ2) is 5.16. The van der Waals surface area contributed by atoms with Crippen molar-refractivity contribution in [2.45, 2.75) is 25.9 Å². The molecule has 0 amide bonds. The molecule has 4 nitrogen and oxygen atoms in total. The molecule has 1 aromatic carbocycles. The molecule has 0 bridgehead atoms. The maximum atomic E-state index is 5.86. The molecule has 1 saturated heterocycles. The largest absolute Gasteiger partial charge is 0.496 e. The first-order valence-electron chi connectivity index (χ1n) is 6.28. The third-order valence-electron chi connectivity index (χ3n) is 3.48. The zero-order chi connectivity index (χ0) is 13.2. The highest BCUT2D eigenvalue weighted by molar-refractivity contribution is 5.47. The summed E-state index contributed by atoms with van der Waals surface area (Å²) in [5.74, 6) is 0.895. The van der Waals surface area contributed by atoms with Crippen LogP contribution < -0.4 is 10.5 Å². The molecular weight excluding hydrogens is 228 g/mol. The Morgan fingerprint density at radius 1 is 1.44 bits per heavy atom. The molecule has 1 fully saturated rings. The van der Waals surface area contributed by atoms with E-state index in [-0.39, 0.29) is 5.54 Å².